The Kier molecular flexibility index (Phi) is 5.79. The maximum atomic E-state index is 12.7. The van der Waals surface area contributed by atoms with Gasteiger partial charge in [-0.25, -0.2) is 9.78 Å². The molecule has 7 nitrogen and oxygen atoms in total. The van der Waals surface area contributed by atoms with Gasteiger partial charge >= 0.3 is 6.03 Å². The number of aromatic nitrogens is 1. The standard InChI is InChI=1S/C22H28N4O3S/c1-22(2,3)14-6-8-15(9-7-14)23-21(28)26-11-10-16-18(13-26)30-20(24-16)25-19(27)17-5-4-12-29-17/h6-9,17H,4-5,10-13H2,1-3H3,(H,23,28)(H,24,25,27). The van der Waals surface area contributed by atoms with Crippen LogP contribution in [0, 0.1) is 0 Å². The van der Waals surface area contributed by atoms with Crippen molar-refractivity contribution in [1.29, 1.82) is 0 Å². The van der Waals surface area contributed by atoms with Crippen molar-refractivity contribution in [3.63, 3.8) is 0 Å². The van der Waals surface area contributed by atoms with E-state index in [0.29, 0.717) is 31.2 Å². The average Bonchev–Trinajstić information content (AvgIpc) is 3.36. The molecule has 0 aliphatic carbocycles. The number of nitrogens with one attached hydrogen (secondary N) is 2. The predicted molar refractivity (Wildman–Crippen MR) is 118 cm³/mol. The smallest absolute Gasteiger partial charge is 0.322 e. The van der Waals surface area contributed by atoms with Crippen LogP contribution in [-0.2, 0) is 27.9 Å². The Balaban J connectivity index is 1.36. The fraction of sp³-hybridized carbons (Fsp3) is 0.500. The average molecular weight is 429 g/mol. The van der Waals surface area contributed by atoms with Crippen LogP contribution in [0.25, 0.3) is 0 Å². The lowest BCUT2D eigenvalue weighted by Gasteiger charge is -2.26. The number of anilines is 2. The molecular weight excluding hydrogens is 400 g/mol. The molecule has 8 heteroatoms. The highest BCUT2D eigenvalue weighted by Gasteiger charge is 2.27. The first-order valence-corrected chi connectivity index (χ1v) is 11.2. The number of ether oxygens (including phenoxy) is 1. The van der Waals surface area contributed by atoms with Crippen molar-refractivity contribution in [2.45, 2.75) is 58.1 Å². The SMILES string of the molecule is CC(C)(C)c1ccc(NC(=O)N2CCc3nc(NC(=O)C4CCCO4)sc3C2)cc1. The van der Waals surface area contributed by atoms with Crippen LogP contribution < -0.4 is 10.6 Å². The van der Waals surface area contributed by atoms with Crippen LogP contribution in [0.1, 0.15) is 49.7 Å². The van der Waals surface area contributed by atoms with Crippen molar-refractivity contribution in [3.8, 4) is 0 Å². The Bertz CT molecular complexity index is 927. The van der Waals surface area contributed by atoms with Gasteiger partial charge in [0.05, 0.1) is 12.2 Å². The number of carbonyl (C=O) groups is 2. The van der Waals surface area contributed by atoms with Gasteiger partial charge in [0.2, 0.25) is 0 Å². The van der Waals surface area contributed by atoms with Crippen LogP contribution in [-0.4, -0.2) is 41.1 Å². The Morgan fingerprint density at radius 2 is 1.97 bits per heavy atom. The maximum Gasteiger partial charge on any atom is 0.322 e. The largest absolute Gasteiger partial charge is 0.368 e. The monoisotopic (exact) mass is 428 g/mol. The molecule has 0 bridgehead atoms. The van der Waals surface area contributed by atoms with Gasteiger partial charge in [-0.15, -0.1) is 0 Å². The van der Waals surface area contributed by atoms with Crippen molar-refractivity contribution in [1.82, 2.24) is 9.88 Å². The second-order valence-electron chi connectivity index (χ2n) is 8.81. The first kappa shape index (κ1) is 20.8. The van der Waals surface area contributed by atoms with Gasteiger partial charge < -0.3 is 15.0 Å². The number of carbonyl (C=O) groups excluding carboxylic acids is 2. The number of benzene rings is 1. The van der Waals surface area contributed by atoms with Gasteiger partial charge in [0.1, 0.15) is 6.10 Å². The summed E-state index contributed by atoms with van der Waals surface area (Å²) < 4.78 is 5.42. The number of hydrogen-bond donors (Lipinski definition) is 2. The minimum absolute atomic E-state index is 0.0784. The van der Waals surface area contributed by atoms with E-state index < -0.39 is 0 Å². The highest BCUT2D eigenvalue weighted by molar-refractivity contribution is 7.15. The summed E-state index contributed by atoms with van der Waals surface area (Å²) in [5.41, 5.74) is 3.05. The molecule has 1 saturated heterocycles. The Hall–Kier alpha value is -2.45. The number of amides is 3. The molecule has 4 rings (SSSR count). The van der Waals surface area contributed by atoms with Crippen molar-refractivity contribution < 1.29 is 14.3 Å². The summed E-state index contributed by atoms with van der Waals surface area (Å²) in [6, 6.07) is 7.87. The molecule has 1 aromatic heterocycles. The lowest BCUT2D eigenvalue weighted by molar-refractivity contribution is -0.124. The zero-order valence-corrected chi connectivity index (χ0v) is 18.5. The van der Waals surface area contributed by atoms with Crippen LogP contribution in [0.2, 0.25) is 0 Å². The molecule has 2 aliphatic heterocycles. The van der Waals surface area contributed by atoms with Crippen molar-refractivity contribution in [2.24, 2.45) is 0 Å². The number of thiazole rings is 1. The van der Waals surface area contributed by atoms with Gasteiger partial charge in [-0.2, -0.15) is 0 Å². The lowest BCUT2D eigenvalue weighted by atomic mass is 9.87. The molecule has 0 saturated carbocycles. The summed E-state index contributed by atoms with van der Waals surface area (Å²) in [5.74, 6) is -0.133. The molecule has 3 heterocycles. The van der Waals surface area contributed by atoms with E-state index in [4.69, 9.17) is 4.74 Å². The molecule has 1 atom stereocenters. The Morgan fingerprint density at radius 1 is 1.20 bits per heavy atom. The summed E-state index contributed by atoms with van der Waals surface area (Å²) in [6.45, 7) is 8.22. The first-order chi connectivity index (χ1) is 14.3. The Morgan fingerprint density at radius 3 is 2.63 bits per heavy atom. The van der Waals surface area contributed by atoms with Crippen molar-refractivity contribution >= 4 is 34.1 Å². The van der Waals surface area contributed by atoms with E-state index in [2.05, 4.69) is 48.5 Å². The lowest BCUT2D eigenvalue weighted by Crippen LogP contribution is -2.38. The third-order valence-corrected chi connectivity index (χ3v) is 6.47. The number of hydrogen-bond acceptors (Lipinski definition) is 5. The molecule has 2 aromatic rings. The van der Waals surface area contributed by atoms with Gasteiger partial charge in [-0.05, 0) is 36.0 Å². The topological polar surface area (TPSA) is 83.6 Å². The quantitative estimate of drug-likeness (QED) is 0.769. The molecule has 30 heavy (non-hydrogen) atoms. The van der Waals surface area contributed by atoms with E-state index in [9.17, 15) is 9.59 Å². The second-order valence-corrected chi connectivity index (χ2v) is 9.89. The number of nitrogens with zero attached hydrogens (tertiary/aromatic N) is 2. The van der Waals surface area contributed by atoms with Crippen LogP contribution >= 0.6 is 11.3 Å². The van der Waals surface area contributed by atoms with E-state index in [-0.39, 0.29) is 23.5 Å². The zero-order chi connectivity index (χ0) is 21.3. The molecule has 0 spiro atoms. The minimum atomic E-state index is -0.377. The van der Waals surface area contributed by atoms with E-state index in [1.807, 2.05) is 12.1 Å². The van der Waals surface area contributed by atoms with Gasteiger partial charge in [-0.3, -0.25) is 10.1 Å². The molecule has 2 aliphatic rings. The van der Waals surface area contributed by atoms with Gasteiger partial charge in [-0.1, -0.05) is 44.2 Å². The number of fused-ring (bicyclic) bond motifs is 1. The molecular formula is C22H28N4O3S. The highest BCUT2D eigenvalue weighted by atomic mass is 32.1. The third-order valence-electron chi connectivity index (χ3n) is 5.47. The normalized spacial score (nSPS) is 18.8. The van der Waals surface area contributed by atoms with Crippen LogP contribution in [0.15, 0.2) is 24.3 Å². The summed E-state index contributed by atoms with van der Waals surface area (Å²) >= 11 is 1.43. The first-order valence-electron chi connectivity index (χ1n) is 10.4. The third kappa shape index (κ3) is 4.65. The van der Waals surface area contributed by atoms with Crippen LogP contribution in [0.4, 0.5) is 15.6 Å². The highest BCUT2D eigenvalue weighted by Crippen LogP contribution is 2.29. The minimum Gasteiger partial charge on any atom is -0.368 e. The number of rotatable bonds is 3. The maximum absolute atomic E-state index is 12.7. The van der Waals surface area contributed by atoms with Crippen molar-refractivity contribution in [2.75, 3.05) is 23.8 Å². The molecule has 1 fully saturated rings. The van der Waals surface area contributed by atoms with Crippen molar-refractivity contribution in [3.05, 3.63) is 40.4 Å². The molecule has 0 radical (unpaired) electrons. The second kappa shape index (κ2) is 8.35. The van der Waals surface area contributed by atoms with Gasteiger partial charge in [0, 0.05) is 30.1 Å². The summed E-state index contributed by atoms with van der Waals surface area (Å²) in [5, 5.41) is 6.43. The number of urea groups is 1. The van der Waals surface area contributed by atoms with Gasteiger partial charge in [0.15, 0.2) is 5.13 Å². The molecule has 1 aromatic carbocycles. The molecule has 160 valence electrons. The fourth-order valence-electron chi connectivity index (χ4n) is 3.65. The fourth-order valence-corrected chi connectivity index (χ4v) is 4.68. The van der Waals surface area contributed by atoms with E-state index in [1.54, 1.807) is 4.90 Å². The molecule has 2 N–H and O–H groups in total. The van der Waals surface area contributed by atoms with Gasteiger partial charge in [0.25, 0.3) is 5.91 Å². The molecule has 1 unspecified atom stereocenters. The predicted octanol–water partition coefficient (Wildman–Crippen LogP) is 4.15. The molecule has 3 amide bonds. The Labute approximate surface area is 180 Å². The van der Waals surface area contributed by atoms with Crippen LogP contribution in [0.3, 0.4) is 0 Å². The zero-order valence-electron chi connectivity index (χ0n) is 17.7. The van der Waals surface area contributed by atoms with E-state index in [0.717, 1.165) is 29.1 Å². The van der Waals surface area contributed by atoms with E-state index >= 15 is 0 Å². The summed E-state index contributed by atoms with van der Waals surface area (Å²) in [6.07, 6.45) is 1.97. The summed E-state index contributed by atoms with van der Waals surface area (Å²) in [7, 11) is 0. The van der Waals surface area contributed by atoms with Crippen LogP contribution in [0.5, 0.6) is 0 Å². The van der Waals surface area contributed by atoms with E-state index in [1.165, 1.54) is 16.9 Å². The summed E-state index contributed by atoms with van der Waals surface area (Å²) in [4.78, 5) is 32.3.